The van der Waals surface area contributed by atoms with Gasteiger partial charge in [0.2, 0.25) is 11.0 Å². The zero-order valence-electron chi connectivity index (χ0n) is 44.7. The number of ether oxygens (including phenoxy) is 2. The summed E-state index contributed by atoms with van der Waals surface area (Å²) >= 11 is 1.95. The Morgan fingerprint density at radius 3 is 1.84 bits per heavy atom. The van der Waals surface area contributed by atoms with E-state index in [4.69, 9.17) is 35.7 Å². The Morgan fingerprint density at radius 1 is 0.701 bits per heavy atom. The van der Waals surface area contributed by atoms with Gasteiger partial charge in [0.05, 0.1) is 61.4 Å². The van der Waals surface area contributed by atoms with Crippen LogP contribution in [0.2, 0.25) is 0 Å². The number of methoxy groups -OCH3 is 1. The van der Waals surface area contributed by atoms with Gasteiger partial charge in [-0.1, -0.05) is 37.0 Å². The number of nitrogens with two attached hydrogens (primary N) is 1. The number of azo groups is 3. The number of fused-ring (bicyclic) bond motifs is 6. The van der Waals surface area contributed by atoms with Gasteiger partial charge in [-0.05, 0) is 110 Å². The van der Waals surface area contributed by atoms with Crippen molar-refractivity contribution in [2.45, 2.75) is 55.7 Å². The van der Waals surface area contributed by atoms with Crippen molar-refractivity contribution in [3.63, 3.8) is 0 Å². The molecular formula is C47H50N10O22S8. The number of carbonyl (C=O) groups excluding carboxylic acids is 1. The molecule has 7 N–H and O–H groups in total. The van der Waals surface area contributed by atoms with Gasteiger partial charge in [0.15, 0.2) is 5.65 Å². The minimum atomic E-state index is -4.86. The van der Waals surface area contributed by atoms with Gasteiger partial charge < -0.3 is 20.3 Å². The summed E-state index contributed by atoms with van der Waals surface area (Å²) in [5.41, 5.74) is 8.24. The Kier molecular flexibility index (Phi) is 24.9. The maximum Gasteiger partial charge on any atom is 0.425 e. The van der Waals surface area contributed by atoms with Gasteiger partial charge in [-0.2, -0.15) is 38.8 Å². The van der Waals surface area contributed by atoms with E-state index < -0.39 is 94.8 Å². The van der Waals surface area contributed by atoms with Crippen LogP contribution in [-0.4, -0.2) is 141 Å². The molecule has 0 aliphatic heterocycles. The first kappa shape index (κ1) is 71.7. The highest BCUT2D eigenvalue weighted by atomic mass is 32.2. The van der Waals surface area contributed by atoms with E-state index in [1.807, 2.05) is 0 Å². The van der Waals surface area contributed by atoms with Crippen LogP contribution < -0.4 is 10.5 Å². The number of primary amides is 1. The lowest BCUT2D eigenvalue weighted by molar-refractivity contribution is 0.100. The van der Waals surface area contributed by atoms with Gasteiger partial charge in [0, 0.05) is 30.6 Å². The lowest BCUT2D eigenvalue weighted by atomic mass is 10.1. The van der Waals surface area contributed by atoms with Crippen molar-refractivity contribution in [1.29, 1.82) is 0 Å². The quantitative estimate of drug-likeness (QED) is 0.0191. The Morgan fingerprint density at radius 2 is 1.25 bits per heavy atom. The Bertz CT molecular complexity index is 4730. The van der Waals surface area contributed by atoms with Crippen LogP contribution in [0, 0.1) is 20.8 Å². The fraction of sp³-hybridized carbons (Fsp3) is 0.255. The molecule has 0 unspecified atom stereocenters. The molecule has 8 aromatic rings. The zero-order chi connectivity index (χ0) is 64.2. The van der Waals surface area contributed by atoms with Crippen LogP contribution in [0.1, 0.15) is 47.3 Å². The maximum atomic E-state index is 12.8. The number of pyridine rings is 1. The maximum absolute atomic E-state index is 12.8. The third-order valence-corrected chi connectivity index (χ3v) is 16.5. The highest BCUT2D eigenvalue weighted by Gasteiger charge is 2.25. The molecule has 0 atom stereocenters. The number of imidazole rings is 1. The number of thiazole rings is 1. The van der Waals surface area contributed by atoms with Crippen LogP contribution in [-0.2, 0) is 66.4 Å². The van der Waals surface area contributed by atoms with Gasteiger partial charge in [-0.3, -0.25) is 27.4 Å². The summed E-state index contributed by atoms with van der Waals surface area (Å²) in [6, 6.07) is 17.4. The van der Waals surface area contributed by atoms with E-state index in [1.54, 1.807) is 64.5 Å². The second-order valence-corrected chi connectivity index (χ2v) is 26.2. The molecule has 468 valence electrons. The molecule has 0 saturated carbocycles. The summed E-state index contributed by atoms with van der Waals surface area (Å²) in [6.07, 6.45) is -0.131. The van der Waals surface area contributed by atoms with Crippen molar-refractivity contribution < 1.29 is 96.5 Å². The number of hydrogen-bond acceptors (Lipinski definition) is 28. The van der Waals surface area contributed by atoms with Gasteiger partial charge in [0.1, 0.15) is 27.5 Å². The number of aromatic hydroxyl groups is 1. The predicted molar refractivity (Wildman–Crippen MR) is 317 cm³/mol. The van der Waals surface area contributed by atoms with Gasteiger partial charge in [-0.15, -0.1) is 62.6 Å². The van der Waals surface area contributed by atoms with E-state index in [2.05, 4.69) is 45.4 Å². The van der Waals surface area contributed by atoms with Crippen LogP contribution in [0.25, 0.3) is 37.7 Å². The summed E-state index contributed by atoms with van der Waals surface area (Å²) in [4.78, 5) is 20.9. The predicted octanol–water partition coefficient (Wildman–Crippen LogP) is 8.64. The van der Waals surface area contributed by atoms with Crippen LogP contribution >= 0.6 is 23.1 Å². The fourth-order valence-corrected chi connectivity index (χ4v) is 11.9. The molecule has 3 heterocycles. The highest BCUT2D eigenvalue weighted by molar-refractivity contribution is 7.99. The van der Waals surface area contributed by atoms with Crippen LogP contribution in [0.15, 0.2) is 118 Å². The SMILES string of the molecule is C.COC.Cc1cc(N=Nc2cc(OCCCS(=O)(=O)O)c(N=Nc3c(C)c(C(N)=O)c4nc5ccccc5n4c3O)cc2C)c(SCCCS(=O)(=O)O)cc1N=Nc1nc2c(S(=O)(=O)O)cc3ccc(S(=O)(=O)O)cc3c2s1.O=S(=O)=O.O=S(=O)=O. The largest absolute Gasteiger partial charge is 0.493 e. The van der Waals surface area contributed by atoms with Crippen molar-refractivity contribution in [3.05, 3.63) is 95.1 Å². The average Bonchev–Trinajstić information content (AvgIpc) is 1.78. The molecule has 0 aliphatic rings. The topological polar surface area (TPSA) is 506 Å². The first-order valence-corrected chi connectivity index (χ1v) is 33.3. The minimum absolute atomic E-state index is 0. The minimum Gasteiger partial charge on any atom is -0.493 e. The molecule has 1 amide bonds. The number of aromatic nitrogens is 3. The second-order valence-electron chi connectivity index (χ2n) is 17.3. The molecule has 0 fully saturated rings. The third kappa shape index (κ3) is 19.9. The molecule has 87 heavy (non-hydrogen) atoms. The smallest absolute Gasteiger partial charge is 0.425 e. The monoisotopic (exact) mass is 1360 g/mol. The first-order chi connectivity index (χ1) is 40.0. The molecule has 3 aromatic heterocycles. The van der Waals surface area contributed by atoms with Crippen molar-refractivity contribution >= 4 is 162 Å². The average molecular weight is 1360 g/mol. The normalized spacial score (nSPS) is 12.0. The molecule has 8 rings (SSSR count). The van der Waals surface area contributed by atoms with E-state index in [9.17, 15) is 61.8 Å². The molecule has 0 aliphatic carbocycles. The number of aryl methyl sites for hydroxylation is 2. The Labute approximate surface area is 506 Å². The number of benzene rings is 5. The fourth-order valence-electron chi connectivity index (χ4n) is 7.59. The highest BCUT2D eigenvalue weighted by Crippen LogP contribution is 2.44. The van der Waals surface area contributed by atoms with E-state index in [-0.39, 0.29) is 110 Å². The second kappa shape index (κ2) is 30.3. The van der Waals surface area contributed by atoms with Gasteiger partial charge in [0.25, 0.3) is 46.4 Å². The van der Waals surface area contributed by atoms with Crippen LogP contribution in [0.3, 0.4) is 0 Å². The summed E-state index contributed by atoms with van der Waals surface area (Å²) in [5, 5.41) is 38.0. The number of para-hydroxylation sites is 2. The lowest BCUT2D eigenvalue weighted by Crippen LogP contribution is -2.15. The van der Waals surface area contributed by atoms with Crippen LogP contribution in [0.4, 0.5) is 33.6 Å². The Hall–Kier alpha value is -7.74. The zero-order valence-corrected chi connectivity index (χ0v) is 51.2. The lowest BCUT2D eigenvalue weighted by Gasteiger charge is -2.13. The summed E-state index contributed by atoms with van der Waals surface area (Å²) in [6.45, 7) is 4.58. The molecule has 40 heteroatoms. The molecule has 5 aromatic carbocycles. The number of thioether (sulfide) groups is 1. The molecule has 0 bridgehead atoms. The summed E-state index contributed by atoms with van der Waals surface area (Å²) in [5.74, 6) is -2.26. The van der Waals surface area contributed by atoms with E-state index in [1.165, 1.54) is 29.5 Å². The number of rotatable bonds is 19. The standard InChI is InChI=1S/C44H40N10O15S6.C2H6O.CH4.2O3S/c1-22-16-31(50-52-38-24(3)37(41(45)55)42-46-28-8-4-5-9-33(28)54(42)43(38)56)34(69-12-6-14-72(57,58)59)20-29(22)48-51-32-17-23(2)30(21-35(32)70-13-7-15-73(60,61)62)49-53-44-47-39-36(75(66,67)68)18-25-10-11-26(74(63,64)65)19-27(25)40(39)71-44;1-3-2;;2*1-4(2)3/h4-5,8-11,16-21,56H,6-7,12-15H2,1-3H3,(H2,45,55)(H,57,58,59)(H,60,61,62)(H,63,64,65)(H,66,67,68);1-2H3;1H4;;. The molecule has 0 spiro atoms. The third-order valence-electron chi connectivity index (χ3n) is 11.1. The van der Waals surface area contributed by atoms with Crippen molar-refractivity contribution in [2.24, 2.45) is 36.4 Å². The van der Waals surface area contributed by atoms with Crippen molar-refractivity contribution in [3.8, 4) is 11.6 Å². The van der Waals surface area contributed by atoms with Crippen LogP contribution in [0.5, 0.6) is 11.6 Å². The molecular weight excluding hydrogens is 1310 g/mol. The Balaban J connectivity index is 0.00000125. The number of hydrogen-bond donors (Lipinski definition) is 6. The first-order valence-electron chi connectivity index (χ1n) is 23.4. The molecule has 0 saturated heterocycles. The van der Waals surface area contributed by atoms with Crippen molar-refractivity contribution in [2.75, 3.05) is 38.1 Å². The number of amides is 1. The molecule has 32 nitrogen and oxygen atoms in total. The van der Waals surface area contributed by atoms with E-state index in [0.717, 1.165) is 41.3 Å². The summed E-state index contributed by atoms with van der Waals surface area (Å²) in [7, 11) is -21.2. The molecule has 0 radical (unpaired) electrons. The van der Waals surface area contributed by atoms with Gasteiger partial charge in [-0.25, -0.2) is 9.97 Å². The number of nitrogens with zero attached hydrogens (tertiary/aromatic N) is 9. The van der Waals surface area contributed by atoms with E-state index >= 15 is 0 Å². The van der Waals surface area contributed by atoms with E-state index in [0.29, 0.717) is 27.1 Å². The van der Waals surface area contributed by atoms with Crippen molar-refractivity contribution in [1.82, 2.24) is 14.4 Å². The van der Waals surface area contributed by atoms with Gasteiger partial charge >= 0.3 is 21.2 Å². The number of carbonyl (C=O) groups is 1. The summed E-state index contributed by atoms with van der Waals surface area (Å²) < 4.78 is 196.